The van der Waals surface area contributed by atoms with E-state index in [9.17, 15) is 4.79 Å². The van der Waals surface area contributed by atoms with Crippen molar-refractivity contribution in [3.05, 3.63) is 46.8 Å². The quantitative estimate of drug-likeness (QED) is 0.702. The Balaban J connectivity index is 1.79. The van der Waals surface area contributed by atoms with Crippen LogP contribution in [0.2, 0.25) is 0 Å². The molecule has 1 aliphatic rings. The molecule has 0 bridgehead atoms. The molecule has 1 aromatic heterocycles. The number of carbonyl (C=O) groups is 1. The molecule has 0 aliphatic heterocycles. The Bertz CT molecular complexity index is 576. The molecule has 98 valence electrons. The van der Waals surface area contributed by atoms with Crippen LogP contribution in [0.4, 0.5) is 0 Å². The molecule has 1 nitrogen and oxygen atoms in total. The monoisotopic (exact) mass is 270 g/mol. The van der Waals surface area contributed by atoms with Crippen LogP contribution in [0, 0.1) is 5.92 Å². The predicted molar refractivity (Wildman–Crippen MR) is 80.8 cm³/mol. The van der Waals surface area contributed by atoms with Crippen LogP contribution in [0.5, 0.6) is 0 Å². The van der Waals surface area contributed by atoms with Gasteiger partial charge in [0.05, 0.1) is 4.88 Å². The summed E-state index contributed by atoms with van der Waals surface area (Å²) in [6, 6.07) is 12.8. The second-order valence-electron chi connectivity index (χ2n) is 5.25. The van der Waals surface area contributed by atoms with Crippen LogP contribution in [0.25, 0.3) is 10.4 Å². The first-order valence-corrected chi connectivity index (χ1v) is 7.83. The van der Waals surface area contributed by atoms with Gasteiger partial charge in [-0.3, -0.25) is 4.79 Å². The molecule has 2 heteroatoms. The second-order valence-corrected chi connectivity index (χ2v) is 6.33. The minimum atomic E-state index is 0.318. The van der Waals surface area contributed by atoms with Crippen molar-refractivity contribution in [2.75, 3.05) is 0 Å². The van der Waals surface area contributed by atoms with Gasteiger partial charge >= 0.3 is 0 Å². The van der Waals surface area contributed by atoms with Gasteiger partial charge in [-0.15, -0.1) is 11.3 Å². The number of hydrogen-bond acceptors (Lipinski definition) is 2. The van der Waals surface area contributed by atoms with E-state index in [2.05, 4.69) is 37.3 Å². The third-order valence-electron chi connectivity index (χ3n) is 3.57. The van der Waals surface area contributed by atoms with Gasteiger partial charge in [0.2, 0.25) is 0 Å². The molecule has 0 radical (unpaired) electrons. The van der Waals surface area contributed by atoms with E-state index in [0.717, 1.165) is 24.1 Å². The molecular formula is C17H18OS. The third kappa shape index (κ3) is 2.79. The molecule has 0 unspecified atom stereocenters. The van der Waals surface area contributed by atoms with Crippen molar-refractivity contribution in [1.82, 2.24) is 0 Å². The molecule has 1 heterocycles. The SMILES string of the molecule is CCCc1ccc(-c2ccc(C(=O)C3CC3)s2)cc1. The highest BCUT2D eigenvalue weighted by molar-refractivity contribution is 7.17. The Morgan fingerprint density at radius 3 is 2.53 bits per heavy atom. The molecule has 2 aromatic rings. The molecule has 0 amide bonds. The summed E-state index contributed by atoms with van der Waals surface area (Å²) in [6.45, 7) is 2.20. The molecule has 3 rings (SSSR count). The predicted octanol–water partition coefficient (Wildman–Crippen LogP) is 4.96. The van der Waals surface area contributed by atoms with Crippen LogP contribution in [0.3, 0.4) is 0 Å². The molecule has 0 spiro atoms. The van der Waals surface area contributed by atoms with Crippen LogP contribution >= 0.6 is 11.3 Å². The molecule has 1 fully saturated rings. The number of benzene rings is 1. The molecule has 0 saturated heterocycles. The Labute approximate surface area is 118 Å². The number of carbonyl (C=O) groups excluding carboxylic acids is 1. The van der Waals surface area contributed by atoms with Crippen molar-refractivity contribution in [3.63, 3.8) is 0 Å². The van der Waals surface area contributed by atoms with E-state index in [-0.39, 0.29) is 0 Å². The molecule has 0 atom stereocenters. The summed E-state index contributed by atoms with van der Waals surface area (Å²) >= 11 is 1.63. The smallest absolute Gasteiger partial charge is 0.175 e. The lowest BCUT2D eigenvalue weighted by Gasteiger charge is -2.01. The van der Waals surface area contributed by atoms with Gasteiger partial charge in [-0.1, -0.05) is 37.6 Å². The van der Waals surface area contributed by atoms with Crippen LogP contribution in [0.1, 0.15) is 41.4 Å². The van der Waals surface area contributed by atoms with Crippen molar-refractivity contribution >= 4 is 17.1 Å². The van der Waals surface area contributed by atoms with E-state index >= 15 is 0 Å². The Kier molecular flexibility index (Phi) is 3.52. The van der Waals surface area contributed by atoms with E-state index in [1.807, 2.05) is 6.07 Å². The fourth-order valence-corrected chi connectivity index (χ4v) is 3.33. The van der Waals surface area contributed by atoms with E-state index in [4.69, 9.17) is 0 Å². The third-order valence-corrected chi connectivity index (χ3v) is 4.72. The average Bonchev–Trinajstić information content (AvgIpc) is 3.17. The van der Waals surface area contributed by atoms with Gasteiger partial charge in [-0.05, 0) is 42.5 Å². The first kappa shape index (κ1) is 12.6. The van der Waals surface area contributed by atoms with Gasteiger partial charge in [0.1, 0.15) is 0 Å². The number of hydrogen-bond donors (Lipinski definition) is 0. The number of Topliss-reactive ketones (excluding diaryl/α,β-unsaturated/α-hetero) is 1. The fourth-order valence-electron chi connectivity index (χ4n) is 2.30. The van der Waals surface area contributed by atoms with E-state index < -0.39 is 0 Å². The first-order valence-electron chi connectivity index (χ1n) is 7.01. The normalized spacial score (nSPS) is 14.6. The van der Waals surface area contributed by atoms with Crippen molar-refractivity contribution in [2.24, 2.45) is 5.92 Å². The zero-order valence-electron chi connectivity index (χ0n) is 11.2. The van der Waals surface area contributed by atoms with Crippen molar-refractivity contribution in [2.45, 2.75) is 32.6 Å². The molecule has 0 N–H and O–H groups in total. The van der Waals surface area contributed by atoms with Crippen molar-refractivity contribution in [3.8, 4) is 10.4 Å². The topological polar surface area (TPSA) is 17.1 Å². The molecule has 1 aliphatic carbocycles. The lowest BCUT2D eigenvalue weighted by Crippen LogP contribution is -1.96. The Morgan fingerprint density at radius 1 is 1.16 bits per heavy atom. The van der Waals surface area contributed by atoms with Gasteiger partial charge in [-0.2, -0.15) is 0 Å². The lowest BCUT2D eigenvalue weighted by atomic mass is 10.1. The minimum Gasteiger partial charge on any atom is -0.293 e. The zero-order chi connectivity index (χ0) is 13.2. The number of rotatable bonds is 5. The van der Waals surface area contributed by atoms with Gasteiger partial charge < -0.3 is 0 Å². The average molecular weight is 270 g/mol. The molecule has 19 heavy (non-hydrogen) atoms. The van der Waals surface area contributed by atoms with Gasteiger partial charge in [0.15, 0.2) is 5.78 Å². The maximum absolute atomic E-state index is 12.0. The summed E-state index contributed by atoms with van der Waals surface area (Å²) in [5.41, 5.74) is 2.61. The van der Waals surface area contributed by atoms with E-state index in [1.54, 1.807) is 11.3 Å². The highest BCUT2D eigenvalue weighted by atomic mass is 32.1. The number of thiophene rings is 1. The standard InChI is InChI=1S/C17H18OS/c1-2-3-12-4-6-13(7-5-12)15-10-11-16(19-15)17(18)14-8-9-14/h4-7,10-11,14H,2-3,8-9H2,1H3. The van der Waals surface area contributed by atoms with Gasteiger partial charge in [0, 0.05) is 10.8 Å². The van der Waals surface area contributed by atoms with E-state index in [0.29, 0.717) is 11.7 Å². The van der Waals surface area contributed by atoms with Gasteiger partial charge in [-0.25, -0.2) is 0 Å². The van der Waals surface area contributed by atoms with Gasteiger partial charge in [0.25, 0.3) is 0 Å². The fraction of sp³-hybridized carbons (Fsp3) is 0.353. The number of aryl methyl sites for hydroxylation is 1. The summed E-state index contributed by atoms with van der Waals surface area (Å²) in [4.78, 5) is 14.1. The highest BCUT2D eigenvalue weighted by Crippen LogP contribution is 2.36. The Hall–Kier alpha value is -1.41. The maximum Gasteiger partial charge on any atom is 0.175 e. The summed E-state index contributed by atoms with van der Waals surface area (Å²) < 4.78 is 0. The summed E-state index contributed by atoms with van der Waals surface area (Å²) in [6.07, 6.45) is 4.48. The second kappa shape index (κ2) is 5.30. The zero-order valence-corrected chi connectivity index (χ0v) is 12.0. The van der Waals surface area contributed by atoms with Crippen molar-refractivity contribution < 1.29 is 4.79 Å². The molecular weight excluding hydrogens is 252 g/mol. The van der Waals surface area contributed by atoms with Crippen LogP contribution in [-0.4, -0.2) is 5.78 Å². The van der Waals surface area contributed by atoms with Crippen LogP contribution in [-0.2, 0) is 6.42 Å². The maximum atomic E-state index is 12.0. The summed E-state index contributed by atoms with van der Waals surface area (Å²) in [5.74, 6) is 0.664. The van der Waals surface area contributed by atoms with E-state index in [1.165, 1.54) is 22.4 Å². The molecule has 1 aromatic carbocycles. The number of ketones is 1. The Morgan fingerprint density at radius 2 is 1.89 bits per heavy atom. The first-order chi connectivity index (χ1) is 9.28. The largest absolute Gasteiger partial charge is 0.293 e. The van der Waals surface area contributed by atoms with Crippen LogP contribution in [0.15, 0.2) is 36.4 Å². The summed E-state index contributed by atoms with van der Waals surface area (Å²) in [7, 11) is 0. The van der Waals surface area contributed by atoms with Crippen molar-refractivity contribution in [1.29, 1.82) is 0 Å². The lowest BCUT2D eigenvalue weighted by molar-refractivity contribution is 0.0971. The summed E-state index contributed by atoms with van der Waals surface area (Å²) in [5, 5.41) is 0. The minimum absolute atomic E-state index is 0.318. The molecule has 1 saturated carbocycles. The highest BCUT2D eigenvalue weighted by Gasteiger charge is 2.31. The van der Waals surface area contributed by atoms with Crippen LogP contribution < -0.4 is 0 Å².